The summed E-state index contributed by atoms with van der Waals surface area (Å²) >= 11 is 0. The van der Waals surface area contributed by atoms with Gasteiger partial charge in [-0.3, -0.25) is 4.79 Å². The number of carbonyl (C=O) groups is 1. The first kappa shape index (κ1) is 19.7. The molecule has 1 amide bonds. The average Bonchev–Trinajstić information content (AvgIpc) is 2.60. The number of anilines is 1. The van der Waals surface area contributed by atoms with Crippen molar-refractivity contribution < 1.29 is 17.6 Å². The largest absolute Gasteiger partial charge is 0.369 e. The average molecular weight is 371 g/mol. The lowest BCUT2D eigenvalue weighted by Gasteiger charge is -2.35. The lowest BCUT2D eigenvalue weighted by molar-refractivity contribution is -0.121. The molecule has 1 aromatic carbocycles. The summed E-state index contributed by atoms with van der Waals surface area (Å²) in [5.41, 5.74) is 0.900. The van der Waals surface area contributed by atoms with Crippen LogP contribution in [0.5, 0.6) is 0 Å². The van der Waals surface area contributed by atoms with E-state index in [0.29, 0.717) is 45.6 Å². The fraction of sp³-hybridized carbons (Fsp3) is 0.588. The highest BCUT2D eigenvalue weighted by atomic mass is 32.2. The van der Waals surface area contributed by atoms with Gasteiger partial charge < -0.3 is 10.2 Å². The van der Waals surface area contributed by atoms with Crippen molar-refractivity contribution in [3.8, 4) is 0 Å². The van der Waals surface area contributed by atoms with Crippen molar-refractivity contribution in [2.24, 2.45) is 0 Å². The molecule has 0 spiro atoms. The summed E-state index contributed by atoms with van der Waals surface area (Å²) in [5, 5.41) is 2.73. The van der Waals surface area contributed by atoms with Gasteiger partial charge in [0.2, 0.25) is 15.9 Å². The number of nitrogens with zero attached hydrogens (tertiary/aromatic N) is 2. The molecule has 1 aromatic rings. The van der Waals surface area contributed by atoms with Gasteiger partial charge >= 0.3 is 0 Å². The highest BCUT2D eigenvalue weighted by Gasteiger charge is 2.26. The highest BCUT2D eigenvalue weighted by molar-refractivity contribution is 7.89. The molecule has 1 aliphatic rings. The fourth-order valence-electron chi connectivity index (χ4n) is 2.80. The number of hydrogen-bond donors (Lipinski definition) is 1. The van der Waals surface area contributed by atoms with E-state index in [1.807, 2.05) is 6.92 Å². The first-order chi connectivity index (χ1) is 11.9. The monoisotopic (exact) mass is 371 g/mol. The molecular formula is C17H26FN3O3S. The molecule has 6 nitrogen and oxygen atoms in total. The third kappa shape index (κ3) is 5.97. The summed E-state index contributed by atoms with van der Waals surface area (Å²) < 4.78 is 39.3. The summed E-state index contributed by atoms with van der Waals surface area (Å²) in [6.45, 7) is 4.31. The second-order valence-corrected chi connectivity index (χ2v) is 8.22. The maximum atomic E-state index is 13.0. The molecule has 2 rings (SSSR count). The number of benzene rings is 1. The number of amides is 1. The van der Waals surface area contributed by atoms with Gasteiger partial charge in [-0.2, -0.15) is 4.31 Å². The van der Waals surface area contributed by atoms with Crippen LogP contribution in [0.25, 0.3) is 0 Å². The summed E-state index contributed by atoms with van der Waals surface area (Å²) in [5.74, 6) is -0.278. The predicted octanol–water partition coefficient (Wildman–Crippen LogP) is 1.58. The van der Waals surface area contributed by atoms with E-state index in [1.54, 1.807) is 12.1 Å². The standard InChI is InChI=1S/C17H26FN3O3S/c1-2-4-17(22)19-9-3-14-25(23,24)21-12-10-20(11-13-21)16-7-5-15(18)6-8-16/h5-8H,2-4,9-14H2,1H3,(H,19,22). The fourth-order valence-corrected chi connectivity index (χ4v) is 4.29. The van der Waals surface area contributed by atoms with Crippen LogP contribution in [0.2, 0.25) is 0 Å². The van der Waals surface area contributed by atoms with Crippen molar-refractivity contribution in [2.45, 2.75) is 26.2 Å². The van der Waals surface area contributed by atoms with Gasteiger partial charge in [-0.15, -0.1) is 0 Å². The van der Waals surface area contributed by atoms with Crippen molar-refractivity contribution >= 4 is 21.6 Å². The van der Waals surface area contributed by atoms with Crippen LogP contribution in [-0.4, -0.2) is 57.1 Å². The number of carbonyl (C=O) groups excluding carboxylic acids is 1. The van der Waals surface area contributed by atoms with E-state index < -0.39 is 10.0 Å². The van der Waals surface area contributed by atoms with Crippen LogP contribution in [0.1, 0.15) is 26.2 Å². The lowest BCUT2D eigenvalue weighted by atomic mass is 10.2. The molecule has 0 bridgehead atoms. The summed E-state index contributed by atoms with van der Waals surface area (Å²) in [6, 6.07) is 6.23. The first-order valence-corrected chi connectivity index (χ1v) is 10.3. The van der Waals surface area contributed by atoms with Crippen LogP contribution in [0.4, 0.5) is 10.1 Å². The van der Waals surface area contributed by atoms with E-state index in [1.165, 1.54) is 16.4 Å². The molecule has 1 fully saturated rings. The molecule has 140 valence electrons. The molecule has 0 aromatic heterocycles. The van der Waals surface area contributed by atoms with Gasteiger partial charge in [-0.05, 0) is 37.1 Å². The minimum Gasteiger partial charge on any atom is -0.369 e. The number of hydrogen-bond acceptors (Lipinski definition) is 4. The lowest BCUT2D eigenvalue weighted by Crippen LogP contribution is -2.49. The van der Waals surface area contributed by atoms with Gasteiger partial charge in [0, 0.05) is 44.8 Å². The Kier molecular flexibility index (Phi) is 7.19. The van der Waals surface area contributed by atoms with E-state index in [-0.39, 0.29) is 17.5 Å². The minimum absolute atomic E-state index is 0.0344. The molecule has 8 heteroatoms. The van der Waals surface area contributed by atoms with Gasteiger partial charge in [0.25, 0.3) is 0 Å². The third-order valence-corrected chi connectivity index (χ3v) is 6.16. The van der Waals surface area contributed by atoms with E-state index in [2.05, 4.69) is 10.2 Å². The SMILES string of the molecule is CCCC(=O)NCCCS(=O)(=O)N1CCN(c2ccc(F)cc2)CC1. The Labute approximate surface area is 149 Å². The highest BCUT2D eigenvalue weighted by Crippen LogP contribution is 2.18. The molecule has 0 radical (unpaired) electrons. The Balaban J connectivity index is 1.76. The molecule has 1 saturated heterocycles. The molecule has 1 heterocycles. The normalized spacial score (nSPS) is 16.0. The number of sulfonamides is 1. The van der Waals surface area contributed by atoms with E-state index >= 15 is 0 Å². The maximum absolute atomic E-state index is 13.0. The van der Waals surface area contributed by atoms with E-state index in [9.17, 15) is 17.6 Å². The van der Waals surface area contributed by atoms with Gasteiger partial charge in [0.05, 0.1) is 5.75 Å². The zero-order valence-corrected chi connectivity index (χ0v) is 15.4. The molecule has 0 saturated carbocycles. The zero-order chi connectivity index (χ0) is 18.3. The van der Waals surface area contributed by atoms with Crippen molar-refractivity contribution in [3.05, 3.63) is 30.1 Å². The second kappa shape index (κ2) is 9.15. The third-order valence-electron chi connectivity index (χ3n) is 4.20. The first-order valence-electron chi connectivity index (χ1n) is 8.67. The zero-order valence-electron chi connectivity index (χ0n) is 14.6. The second-order valence-electron chi connectivity index (χ2n) is 6.13. The van der Waals surface area contributed by atoms with Crippen LogP contribution < -0.4 is 10.2 Å². The maximum Gasteiger partial charge on any atom is 0.219 e. The minimum atomic E-state index is -3.31. The van der Waals surface area contributed by atoms with E-state index in [4.69, 9.17) is 0 Å². The number of piperazine rings is 1. The Morgan fingerprint density at radius 2 is 1.80 bits per heavy atom. The number of nitrogens with one attached hydrogen (secondary N) is 1. The molecule has 0 atom stereocenters. The topological polar surface area (TPSA) is 69.7 Å². The Bertz CT molecular complexity index is 656. The van der Waals surface area contributed by atoms with Crippen molar-refractivity contribution in [3.63, 3.8) is 0 Å². The predicted molar refractivity (Wildman–Crippen MR) is 96.5 cm³/mol. The summed E-state index contributed by atoms with van der Waals surface area (Å²) in [7, 11) is -3.31. The molecule has 0 aliphatic carbocycles. The van der Waals surface area contributed by atoms with E-state index in [0.717, 1.165) is 12.1 Å². The van der Waals surface area contributed by atoms with Gasteiger partial charge in [-0.25, -0.2) is 12.8 Å². The van der Waals surface area contributed by atoms with Crippen LogP contribution >= 0.6 is 0 Å². The molecule has 1 N–H and O–H groups in total. The van der Waals surface area contributed by atoms with Crippen molar-refractivity contribution in [2.75, 3.05) is 43.4 Å². The summed E-state index contributed by atoms with van der Waals surface area (Å²) in [6.07, 6.45) is 1.66. The van der Waals surface area contributed by atoms with Crippen LogP contribution in [0.3, 0.4) is 0 Å². The van der Waals surface area contributed by atoms with Gasteiger partial charge in [0.15, 0.2) is 0 Å². The number of halogens is 1. The Hall–Kier alpha value is -1.67. The summed E-state index contributed by atoms with van der Waals surface area (Å²) in [4.78, 5) is 13.4. The van der Waals surface area contributed by atoms with Gasteiger partial charge in [0.1, 0.15) is 5.82 Å². The van der Waals surface area contributed by atoms with Gasteiger partial charge in [-0.1, -0.05) is 6.92 Å². The molecule has 1 aliphatic heterocycles. The molecule has 0 unspecified atom stereocenters. The number of rotatable bonds is 8. The Morgan fingerprint density at radius 3 is 2.40 bits per heavy atom. The van der Waals surface area contributed by atoms with Crippen LogP contribution in [0.15, 0.2) is 24.3 Å². The Morgan fingerprint density at radius 1 is 1.16 bits per heavy atom. The molecular weight excluding hydrogens is 345 g/mol. The van der Waals surface area contributed by atoms with Crippen LogP contribution in [0, 0.1) is 5.82 Å². The van der Waals surface area contributed by atoms with Crippen molar-refractivity contribution in [1.29, 1.82) is 0 Å². The van der Waals surface area contributed by atoms with Crippen molar-refractivity contribution in [1.82, 2.24) is 9.62 Å². The smallest absolute Gasteiger partial charge is 0.219 e. The molecule has 25 heavy (non-hydrogen) atoms. The van der Waals surface area contributed by atoms with Crippen LogP contribution in [-0.2, 0) is 14.8 Å². The quantitative estimate of drug-likeness (QED) is 0.705.